The number of unbranched alkanes of at least 4 members (excludes halogenated alkanes) is 14. The lowest BCUT2D eigenvalue weighted by Gasteiger charge is -2.24. The van der Waals surface area contributed by atoms with Crippen molar-refractivity contribution in [3.05, 3.63) is 47.0 Å². The van der Waals surface area contributed by atoms with Crippen LogP contribution >= 0.6 is 7.82 Å². The van der Waals surface area contributed by atoms with Crippen LogP contribution in [0.25, 0.3) is 0 Å². The molecule has 0 aromatic carbocycles. The maximum atomic E-state index is 12.7. The first-order valence-corrected chi connectivity index (χ1v) is 23.9. The Hall–Kier alpha value is -2.56. The van der Waals surface area contributed by atoms with Crippen LogP contribution in [0.4, 0.5) is 0 Å². The number of quaternary nitrogens is 1. The Morgan fingerprint density at radius 1 is 0.690 bits per heavy atom. The van der Waals surface area contributed by atoms with E-state index in [1.54, 1.807) is 6.08 Å². The summed E-state index contributed by atoms with van der Waals surface area (Å²) < 4.78 is 40.4. The summed E-state index contributed by atoms with van der Waals surface area (Å²) in [5, 5.41) is 0. The standard InChI is InChI=1S/C46H80NO10P/c1-8-10-24-30-41(48)31-25-20-16-12-11-13-19-23-28-34-46(50)56-42(38-55-58(51,52)54-36-35-47(5,6)7)37-53-45(49)33-27-22-18-15-14-17-21-26-32-44-40(4)39(3)43(57-44)29-9-2/h16,20,25,31,42H,8-15,17-19,21-24,26-30,32-38H2,1-7H3/p+1/b20-16-,31-25+/t42-/m1/s1. The number of ketones is 1. The van der Waals surface area contributed by atoms with Crippen LogP contribution in [0.2, 0.25) is 0 Å². The molecular weight excluding hydrogens is 757 g/mol. The molecule has 58 heavy (non-hydrogen) atoms. The fraction of sp³-hybridized carbons (Fsp3) is 0.761. The Balaban J connectivity index is 2.36. The van der Waals surface area contributed by atoms with Crippen LogP contribution in [0.3, 0.4) is 0 Å². The van der Waals surface area contributed by atoms with E-state index in [0.29, 0.717) is 30.3 Å². The molecule has 1 rings (SSSR count). The maximum absolute atomic E-state index is 12.7. The molecule has 2 atom stereocenters. The molecule has 11 nitrogen and oxygen atoms in total. The summed E-state index contributed by atoms with van der Waals surface area (Å²) >= 11 is 0. The van der Waals surface area contributed by atoms with Gasteiger partial charge in [-0.2, -0.15) is 0 Å². The topological polar surface area (TPSA) is 139 Å². The highest BCUT2D eigenvalue weighted by Gasteiger charge is 2.27. The van der Waals surface area contributed by atoms with Gasteiger partial charge in [-0.1, -0.05) is 103 Å². The van der Waals surface area contributed by atoms with Gasteiger partial charge in [0, 0.05) is 32.1 Å². The lowest BCUT2D eigenvalue weighted by Crippen LogP contribution is -2.37. The van der Waals surface area contributed by atoms with Crippen molar-refractivity contribution in [1.82, 2.24) is 0 Å². The van der Waals surface area contributed by atoms with E-state index in [4.69, 9.17) is 22.9 Å². The van der Waals surface area contributed by atoms with E-state index in [9.17, 15) is 23.8 Å². The van der Waals surface area contributed by atoms with Crippen molar-refractivity contribution in [2.24, 2.45) is 0 Å². The van der Waals surface area contributed by atoms with E-state index in [2.05, 4.69) is 33.8 Å². The van der Waals surface area contributed by atoms with Gasteiger partial charge in [-0.15, -0.1) is 0 Å². The predicted molar refractivity (Wildman–Crippen MR) is 233 cm³/mol. The molecular formula is C46H81NO10P+. The molecule has 0 radical (unpaired) electrons. The second-order valence-corrected chi connectivity index (χ2v) is 18.2. The van der Waals surface area contributed by atoms with E-state index >= 15 is 0 Å². The third-order valence-electron chi connectivity index (χ3n) is 10.1. The van der Waals surface area contributed by atoms with Crippen LogP contribution in [-0.4, -0.2) is 80.7 Å². The quantitative estimate of drug-likeness (QED) is 0.0172. The smallest absolute Gasteiger partial charge is 0.466 e. The van der Waals surface area contributed by atoms with Crippen molar-refractivity contribution >= 4 is 25.5 Å². The van der Waals surface area contributed by atoms with Crippen LogP contribution in [-0.2, 0) is 50.3 Å². The van der Waals surface area contributed by atoms with Crippen molar-refractivity contribution in [2.45, 2.75) is 181 Å². The average Bonchev–Trinajstić information content (AvgIpc) is 3.42. The Morgan fingerprint density at radius 2 is 1.26 bits per heavy atom. The highest BCUT2D eigenvalue weighted by molar-refractivity contribution is 7.47. The lowest BCUT2D eigenvalue weighted by atomic mass is 10.0. The summed E-state index contributed by atoms with van der Waals surface area (Å²) in [6.07, 6.45) is 27.6. The number of hydrogen-bond donors (Lipinski definition) is 1. The molecule has 0 aliphatic heterocycles. The molecule has 0 bridgehead atoms. The second kappa shape index (κ2) is 32.2. The summed E-state index contributed by atoms with van der Waals surface area (Å²) in [5.41, 5.74) is 2.62. The third kappa shape index (κ3) is 28.8. The lowest BCUT2D eigenvalue weighted by molar-refractivity contribution is -0.870. The number of carbonyl (C=O) groups is 3. The number of furan rings is 1. The first-order valence-electron chi connectivity index (χ1n) is 22.4. The van der Waals surface area contributed by atoms with Crippen LogP contribution in [0.15, 0.2) is 28.7 Å². The number of nitrogens with zero attached hydrogens (tertiary/aromatic N) is 1. The summed E-state index contributed by atoms with van der Waals surface area (Å²) in [6.45, 7) is 8.43. The minimum atomic E-state index is -4.41. The number of rotatable bonds is 37. The van der Waals surface area contributed by atoms with Crippen LogP contribution in [0, 0.1) is 13.8 Å². The van der Waals surface area contributed by atoms with Gasteiger partial charge in [-0.05, 0) is 76.0 Å². The molecule has 0 amide bonds. The normalized spacial score (nSPS) is 13.7. The highest BCUT2D eigenvalue weighted by Crippen LogP contribution is 2.43. The fourth-order valence-electron chi connectivity index (χ4n) is 6.34. The highest BCUT2D eigenvalue weighted by atomic mass is 31.2. The van der Waals surface area contributed by atoms with Gasteiger partial charge in [0.2, 0.25) is 0 Å². The minimum Gasteiger partial charge on any atom is -0.466 e. The number of carbonyl (C=O) groups excluding carboxylic acids is 3. The molecule has 0 aliphatic carbocycles. The zero-order valence-corrected chi connectivity index (χ0v) is 38.4. The van der Waals surface area contributed by atoms with E-state index in [0.717, 1.165) is 108 Å². The Morgan fingerprint density at radius 3 is 1.88 bits per heavy atom. The van der Waals surface area contributed by atoms with Crippen molar-refractivity contribution in [2.75, 3.05) is 47.5 Å². The predicted octanol–water partition coefficient (Wildman–Crippen LogP) is 11.2. The molecule has 12 heteroatoms. The molecule has 0 saturated carbocycles. The molecule has 334 valence electrons. The van der Waals surface area contributed by atoms with Gasteiger partial charge in [-0.25, -0.2) is 4.57 Å². The van der Waals surface area contributed by atoms with Crippen molar-refractivity contribution in [1.29, 1.82) is 0 Å². The van der Waals surface area contributed by atoms with Crippen LogP contribution in [0.5, 0.6) is 0 Å². The Kier molecular flexibility index (Phi) is 29.7. The van der Waals surface area contributed by atoms with Gasteiger partial charge in [0.15, 0.2) is 11.9 Å². The Bertz CT molecular complexity index is 1380. The van der Waals surface area contributed by atoms with Crippen molar-refractivity contribution in [3.8, 4) is 0 Å². The zero-order valence-electron chi connectivity index (χ0n) is 37.5. The average molecular weight is 839 g/mol. The monoisotopic (exact) mass is 839 g/mol. The fourth-order valence-corrected chi connectivity index (χ4v) is 7.08. The first-order chi connectivity index (χ1) is 27.7. The van der Waals surface area contributed by atoms with Gasteiger partial charge in [-0.3, -0.25) is 23.4 Å². The minimum absolute atomic E-state index is 0.00931. The summed E-state index contributed by atoms with van der Waals surface area (Å²) in [7, 11) is 1.40. The van der Waals surface area contributed by atoms with E-state index < -0.39 is 32.5 Å². The molecule has 1 aromatic heterocycles. The molecule has 1 aromatic rings. The van der Waals surface area contributed by atoms with Crippen LogP contribution < -0.4 is 0 Å². The second-order valence-electron chi connectivity index (χ2n) is 16.7. The Labute approximate surface area is 351 Å². The number of aryl methyl sites for hydroxylation is 2. The SMILES string of the molecule is CCCCCC(=O)/C=C/C=C\CCCCCCCC(=O)O[C@H](COC(=O)CCCCCCCCCCc1oc(CCC)c(C)c1C)COP(=O)(O)OCC[N+](C)(C)C. The number of phosphoric ester groups is 1. The van der Waals surface area contributed by atoms with E-state index in [-0.39, 0.29) is 31.8 Å². The number of ether oxygens (including phenoxy) is 2. The molecule has 0 aliphatic rings. The molecule has 0 fully saturated rings. The zero-order chi connectivity index (χ0) is 43.1. The number of hydrogen-bond acceptors (Lipinski definition) is 9. The van der Waals surface area contributed by atoms with Crippen molar-refractivity contribution < 1.29 is 51.3 Å². The van der Waals surface area contributed by atoms with Crippen molar-refractivity contribution in [3.63, 3.8) is 0 Å². The van der Waals surface area contributed by atoms with Gasteiger partial charge < -0.3 is 23.3 Å². The number of phosphoric acid groups is 1. The molecule has 1 N–H and O–H groups in total. The van der Waals surface area contributed by atoms with E-state index in [1.165, 1.54) is 30.4 Å². The largest absolute Gasteiger partial charge is 0.472 e. The maximum Gasteiger partial charge on any atom is 0.472 e. The molecule has 0 spiro atoms. The van der Waals surface area contributed by atoms with E-state index in [1.807, 2.05) is 33.3 Å². The summed E-state index contributed by atoms with van der Waals surface area (Å²) in [5.74, 6) is 1.58. The van der Waals surface area contributed by atoms with Gasteiger partial charge in [0.05, 0.1) is 27.7 Å². The summed E-state index contributed by atoms with van der Waals surface area (Å²) in [6, 6.07) is 0. The number of likely N-dealkylation sites (N-methyl/N-ethyl adjacent to an activating group) is 1. The van der Waals surface area contributed by atoms with Gasteiger partial charge in [0.25, 0.3) is 0 Å². The van der Waals surface area contributed by atoms with Gasteiger partial charge >= 0.3 is 19.8 Å². The van der Waals surface area contributed by atoms with Gasteiger partial charge in [0.1, 0.15) is 31.3 Å². The number of allylic oxidation sites excluding steroid dienone is 4. The number of esters is 2. The molecule has 1 heterocycles. The molecule has 0 saturated heterocycles. The third-order valence-corrected chi connectivity index (χ3v) is 11.1. The molecule has 1 unspecified atom stereocenters. The summed E-state index contributed by atoms with van der Waals surface area (Å²) in [4.78, 5) is 47.2. The first kappa shape index (κ1) is 53.5. The van der Waals surface area contributed by atoms with Crippen LogP contribution in [0.1, 0.15) is 171 Å².